The van der Waals surface area contributed by atoms with Crippen molar-refractivity contribution in [2.75, 3.05) is 20.1 Å². The molecule has 0 atom stereocenters. The molecule has 1 heterocycles. The van der Waals surface area contributed by atoms with Crippen LogP contribution in [0.5, 0.6) is 0 Å². The number of benzene rings is 1. The van der Waals surface area contributed by atoms with Gasteiger partial charge in [-0.2, -0.15) is 0 Å². The van der Waals surface area contributed by atoms with Gasteiger partial charge in [0.2, 0.25) is 5.91 Å². The molecule has 1 aliphatic rings. The topological polar surface area (TPSA) is 32.3 Å². The number of nitrogens with zero attached hydrogens (tertiary/aromatic N) is 1. The maximum atomic E-state index is 12.2. The molecule has 0 bridgehead atoms. The third-order valence-electron chi connectivity index (χ3n) is 3.96. The predicted molar refractivity (Wildman–Crippen MR) is 82.8 cm³/mol. The summed E-state index contributed by atoms with van der Waals surface area (Å²) >= 11 is 5.96. The molecule has 110 valence electrons. The van der Waals surface area contributed by atoms with E-state index in [2.05, 4.69) is 5.32 Å². The zero-order valence-corrected chi connectivity index (χ0v) is 12.8. The summed E-state index contributed by atoms with van der Waals surface area (Å²) in [6.45, 7) is 2.82. The van der Waals surface area contributed by atoms with Crippen LogP contribution in [0.2, 0.25) is 5.02 Å². The molecule has 20 heavy (non-hydrogen) atoms. The molecule has 1 saturated heterocycles. The van der Waals surface area contributed by atoms with Crippen molar-refractivity contribution >= 4 is 17.5 Å². The second kappa shape index (κ2) is 7.65. The molecule has 1 aliphatic heterocycles. The van der Waals surface area contributed by atoms with E-state index in [-0.39, 0.29) is 5.91 Å². The van der Waals surface area contributed by atoms with Crippen molar-refractivity contribution in [3.05, 3.63) is 34.9 Å². The molecule has 1 aromatic rings. The Bertz CT molecular complexity index is 444. The first-order chi connectivity index (χ1) is 9.65. The number of hydrogen-bond donors (Lipinski definition) is 1. The van der Waals surface area contributed by atoms with E-state index in [1.807, 2.05) is 31.3 Å². The van der Waals surface area contributed by atoms with E-state index in [1.165, 1.54) is 12.8 Å². The minimum absolute atomic E-state index is 0.225. The molecule has 0 aliphatic carbocycles. The zero-order valence-electron chi connectivity index (χ0n) is 12.1. The van der Waals surface area contributed by atoms with Gasteiger partial charge in [-0.3, -0.25) is 4.79 Å². The second-order valence-electron chi connectivity index (χ2n) is 5.61. The standard InChI is InChI=1S/C16H23ClN2O/c1-19(12-14-3-2-4-15(17)11-14)16(20)6-5-13-7-9-18-10-8-13/h2-4,11,13,18H,5-10,12H2,1H3. The maximum absolute atomic E-state index is 12.2. The lowest BCUT2D eigenvalue weighted by Crippen LogP contribution is -2.30. The molecule has 1 N–H and O–H groups in total. The SMILES string of the molecule is CN(Cc1cccc(Cl)c1)C(=O)CCC1CCNCC1. The lowest BCUT2D eigenvalue weighted by molar-refractivity contribution is -0.130. The highest BCUT2D eigenvalue weighted by molar-refractivity contribution is 6.30. The molecule has 2 rings (SSSR count). The lowest BCUT2D eigenvalue weighted by atomic mass is 9.93. The van der Waals surface area contributed by atoms with Crippen molar-refractivity contribution in [3.8, 4) is 0 Å². The Morgan fingerprint density at radius 1 is 1.40 bits per heavy atom. The average Bonchev–Trinajstić information content (AvgIpc) is 2.46. The van der Waals surface area contributed by atoms with Gasteiger partial charge in [-0.15, -0.1) is 0 Å². The van der Waals surface area contributed by atoms with Crippen LogP contribution in [0.25, 0.3) is 0 Å². The van der Waals surface area contributed by atoms with Gasteiger partial charge in [0.25, 0.3) is 0 Å². The Hall–Kier alpha value is -1.06. The summed E-state index contributed by atoms with van der Waals surface area (Å²) in [5.41, 5.74) is 1.08. The van der Waals surface area contributed by atoms with Gasteiger partial charge in [0.1, 0.15) is 0 Å². The van der Waals surface area contributed by atoms with E-state index in [1.54, 1.807) is 4.90 Å². The van der Waals surface area contributed by atoms with Gasteiger partial charge >= 0.3 is 0 Å². The summed E-state index contributed by atoms with van der Waals surface area (Å²) in [6.07, 6.45) is 4.07. The second-order valence-corrected chi connectivity index (χ2v) is 6.05. The van der Waals surface area contributed by atoms with Gasteiger partial charge in [-0.25, -0.2) is 0 Å². The monoisotopic (exact) mass is 294 g/mol. The third kappa shape index (κ3) is 4.80. The van der Waals surface area contributed by atoms with Crippen LogP contribution in [0.1, 0.15) is 31.2 Å². The summed E-state index contributed by atoms with van der Waals surface area (Å²) in [7, 11) is 1.87. The highest BCUT2D eigenvalue weighted by Gasteiger charge is 2.16. The Morgan fingerprint density at radius 3 is 2.85 bits per heavy atom. The van der Waals surface area contributed by atoms with Crippen LogP contribution >= 0.6 is 11.6 Å². The van der Waals surface area contributed by atoms with Gasteiger partial charge in [-0.05, 0) is 56.0 Å². The number of nitrogens with one attached hydrogen (secondary N) is 1. The first-order valence-electron chi connectivity index (χ1n) is 7.34. The summed E-state index contributed by atoms with van der Waals surface area (Å²) in [5.74, 6) is 0.934. The molecule has 0 radical (unpaired) electrons. The minimum atomic E-state index is 0.225. The average molecular weight is 295 g/mol. The zero-order chi connectivity index (χ0) is 14.4. The molecule has 1 amide bonds. The van der Waals surface area contributed by atoms with Crippen LogP contribution in [-0.2, 0) is 11.3 Å². The molecule has 4 heteroatoms. The molecule has 1 fully saturated rings. The van der Waals surface area contributed by atoms with Crippen molar-refractivity contribution in [1.29, 1.82) is 0 Å². The fourth-order valence-electron chi connectivity index (χ4n) is 2.69. The molecule has 3 nitrogen and oxygen atoms in total. The molecule has 0 spiro atoms. The molecular weight excluding hydrogens is 272 g/mol. The number of carbonyl (C=O) groups excluding carboxylic acids is 1. The molecule has 0 unspecified atom stereocenters. The Kier molecular flexibility index (Phi) is 5.86. The Labute approximate surface area is 126 Å². The summed E-state index contributed by atoms with van der Waals surface area (Å²) in [6, 6.07) is 7.69. The lowest BCUT2D eigenvalue weighted by Gasteiger charge is -2.23. The van der Waals surface area contributed by atoms with Crippen LogP contribution in [0, 0.1) is 5.92 Å². The summed E-state index contributed by atoms with van der Waals surface area (Å²) < 4.78 is 0. The number of carbonyl (C=O) groups is 1. The van der Waals surface area contributed by atoms with Crippen molar-refractivity contribution in [3.63, 3.8) is 0 Å². The fraction of sp³-hybridized carbons (Fsp3) is 0.562. The van der Waals surface area contributed by atoms with Crippen molar-refractivity contribution in [2.45, 2.75) is 32.2 Å². The van der Waals surface area contributed by atoms with Gasteiger partial charge in [0, 0.05) is 25.0 Å². The van der Waals surface area contributed by atoms with E-state index < -0.39 is 0 Å². The van der Waals surface area contributed by atoms with Gasteiger partial charge in [0.15, 0.2) is 0 Å². The largest absolute Gasteiger partial charge is 0.341 e. The molecule has 1 aromatic carbocycles. The van der Waals surface area contributed by atoms with Crippen molar-refractivity contribution < 1.29 is 4.79 Å². The molecular formula is C16H23ClN2O. The molecule has 0 aromatic heterocycles. The number of piperidine rings is 1. The fourth-order valence-corrected chi connectivity index (χ4v) is 2.90. The van der Waals surface area contributed by atoms with Gasteiger partial charge in [-0.1, -0.05) is 23.7 Å². The first-order valence-corrected chi connectivity index (χ1v) is 7.72. The van der Waals surface area contributed by atoms with Crippen LogP contribution < -0.4 is 5.32 Å². The van der Waals surface area contributed by atoms with Crippen LogP contribution in [0.15, 0.2) is 24.3 Å². The number of amides is 1. The summed E-state index contributed by atoms with van der Waals surface area (Å²) in [5, 5.41) is 4.08. The molecule has 0 saturated carbocycles. The van der Waals surface area contributed by atoms with Gasteiger partial charge in [0.05, 0.1) is 0 Å². The highest BCUT2D eigenvalue weighted by atomic mass is 35.5. The van der Waals surface area contributed by atoms with E-state index in [4.69, 9.17) is 11.6 Å². The maximum Gasteiger partial charge on any atom is 0.222 e. The third-order valence-corrected chi connectivity index (χ3v) is 4.19. The number of rotatable bonds is 5. The Morgan fingerprint density at radius 2 is 2.15 bits per heavy atom. The Balaban J connectivity index is 1.76. The minimum Gasteiger partial charge on any atom is -0.341 e. The predicted octanol–water partition coefficient (Wildman–Crippen LogP) is 3.08. The van der Waals surface area contributed by atoms with Crippen molar-refractivity contribution in [1.82, 2.24) is 10.2 Å². The number of hydrogen-bond acceptors (Lipinski definition) is 2. The van der Waals surface area contributed by atoms with E-state index in [0.717, 1.165) is 30.1 Å². The van der Waals surface area contributed by atoms with E-state index in [0.29, 0.717) is 18.9 Å². The van der Waals surface area contributed by atoms with E-state index >= 15 is 0 Å². The van der Waals surface area contributed by atoms with Crippen molar-refractivity contribution in [2.24, 2.45) is 5.92 Å². The van der Waals surface area contributed by atoms with Crippen LogP contribution in [-0.4, -0.2) is 30.9 Å². The van der Waals surface area contributed by atoms with Crippen LogP contribution in [0.3, 0.4) is 0 Å². The highest BCUT2D eigenvalue weighted by Crippen LogP contribution is 2.19. The normalized spacial score (nSPS) is 16.1. The summed E-state index contributed by atoms with van der Waals surface area (Å²) in [4.78, 5) is 14.0. The van der Waals surface area contributed by atoms with E-state index in [9.17, 15) is 4.79 Å². The first kappa shape index (κ1) is 15.3. The number of halogens is 1. The quantitative estimate of drug-likeness (QED) is 0.905. The van der Waals surface area contributed by atoms with Crippen LogP contribution in [0.4, 0.5) is 0 Å². The van der Waals surface area contributed by atoms with Gasteiger partial charge < -0.3 is 10.2 Å². The smallest absolute Gasteiger partial charge is 0.222 e.